The normalized spacial score (nSPS) is 14.2. The van der Waals surface area contributed by atoms with Gasteiger partial charge in [0.1, 0.15) is 12.7 Å². The van der Waals surface area contributed by atoms with Gasteiger partial charge in [0.15, 0.2) is 6.10 Å². The van der Waals surface area contributed by atoms with Crippen LogP contribution in [0.5, 0.6) is 0 Å². The number of phosphoric acid groups is 1. The van der Waals surface area contributed by atoms with E-state index in [1.807, 2.05) is 0 Å². The molecule has 0 amide bonds. The van der Waals surface area contributed by atoms with E-state index in [1.54, 1.807) is 0 Å². The van der Waals surface area contributed by atoms with Crippen LogP contribution in [0.4, 0.5) is 0 Å². The van der Waals surface area contributed by atoms with Crippen molar-refractivity contribution in [2.45, 2.75) is 238 Å². The first-order valence-electron chi connectivity index (χ1n) is 28.8. The number of hydrogen-bond acceptors (Lipinski definition) is 10. The van der Waals surface area contributed by atoms with Gasteiger partial charge < -0.3 is 24.2 Å². The number of rotatable bonds is 52. The van der Waals surface area contributed by atoms with E-state index < -0.39 is 57.8 Å². The van der Waals surface area contributed by atoms with E-state index in [2.05, 4.69) is 130 Å². The van der Waals surface area contributed by atoms with Crippen LogP contribution in [0.15, 0.2) is 109 Å². The predicted octanol–water partition coefficient (Wildman–Crippen LogP) is 17.0. The summed E-state index contributed by atoms with van der Waals surface area (Å²) in [6, 6.07) is 0. The Morgan fingerprint density at radius 1 is 0.392 bits per heavy atom. The molecule has 3 unspecified atom stereocenters. The number of unbranched alkanes of at least 4 members (excludes halogenated alkanes) is 17. The zero-order valence-electron chi connectivity index (χ0n) is 46.5. The Morgan fingerprint density at radius 2 is 0.703 bits per heavy atom. The summed E-state index contributed by atoms with van der Waals surface area (Å²) >= 11 is 0. The van der Waals surface area contributed by atoms with Gasteiger partial charge in [-0.3, -0.25) is 23.4 Å². The number of allylic oxidation sites excluding steroid dienone is 18. The van der Waals surface area contributed by atoms with Gasteiger partial charge in [-0.1, -0.05) is 214 Å². The number of carbonyl (C=O) groups is 3. The summed E-state index contributed by atoms with van der Waals surface area (Å²) in [5.41, 5.74) is 0. The summed E-state index contributed by atoms with van der Waals surface area (Å²) in [5, 5.41) is 9.82. The van der Waals surface area contributed by atoms with Gasteiger partial charge in [-0.05, 0) is 103 Å². The van der Waals surface area contributed by atoms with Crippen molar-refractivity contribution in [3.05, 3.63) is 109 Å². The first-order valence-corrected chi connectivity index (χ1v) is 30.3. The van der Waals surface area contributed by atoms with E-state index in [0.717, 1.165) is 135 Å². The van der Waals surface area contributed by atoms with Crippen LogP contribution in [0.2, 0.25) is 0 Å². The highest BCUT2D eigenvalue weighted by atomic mass is 31.2. The molecule has 0 bridgehead atoms. The van der Waals surface area contributed by atoms with E-state index in [-0.39, 0.29) is 25.9 Å². The van der Waals surface area contributed by atoms with Gasteiger partial charge in [0.05, 0.1) is 19.8 Å². The smallest absolute Gasteiger partial charge is 0.462 e. The predicted molar refractivity (Wildman–Crippen MR) is 307 cm³/mol. The van der Waals surface area contributed by atoms with Gasteiger partial charge in [0, 0.05) is 19.3 Å². The number of phosphoric ester groups is 1. The van der Waals surface area contributed by atoms with Crippen molar-refractivity contribution in [1.29, 1.82) is 0 Å². The molecule has 0 saturated carbocycles. The number of hydrogen-bond donors (Lipinski definition) is 2. The Balaban J connectivity index is 4.69. The molecule has 0 radical (unpaired) electrons. The monoisotopic (exact) mass is 1050 g/mol. The molecule has 0 aliphatic carbocycles. The summed E-state index contributed by atoms with van der Waals surface area (Å²) in [6.45, 7) is 4.33. The molecule has 0 aromatic heterocycles. The molecule has 11 nitrogen and oxygen atoms in total. The third kappa shape index (κ3) is 53.0. The quantitative estimate of drug-likeness (QED) is 0.0197. The summed E-state index contributed by atoms with van der Waals surface area (Å²) < 4.78 is 39.4. The molecule has 0 aromatic rings. The number of ether oxygens (including phenoxy) is 3. The minimum absolute atomic E-state index is 0.124. The zero-order valence-corrected chi connectivity index (χ0v) is 47.4. The van der Waals surface area contributed by atoms with E-state index in [9.17, 15) is 28.9 Å². The second-order valence-electron chi connectivity index (χ2n) is 18.7. The molecule has 3 atom stereocenters. The lowest BCUT2D eigenvalue weighted by molar-refractivity contribution is -0.161. The lowest BCUT2D eigenvalue weighted by atomic mass is 10.1. The molecule has 2 N–H and O–H groups in total. The minimum atomic E-state index is -4.76. The summed E-state index contributed by atoms with van der Waals surface area (Å²) in [4.78, 5) is 48.4. The van der Waals surface area contributed by atoms with Crippen molar-refractivity contribution >= 4 is 25.7 Å². The highest BCUT2D eigenvalue weighted by Crippen LogP contribution is 2.43. The summed E-state index contributed by atoms with van der Waals surface area (Å²) in [6.07, 6.45) is 66.3. The fraction of sp³-hybridized carbons (Fsp3) is 0.661. The first kappa shape index (κ1) is 70.1. The highest BCUT2D eigenvalue weighted by molar-refractivity contribution is 7.47. The number of esters is 3. The third-order valence-electron chi connectivity index (χ3n) is 11.7. The number of aliphatic hydroxyl groups is 1. The highest BCUT2D eigenvalue weighted by Gasteiger charge is 2.28. The SMILES string of the molecule is CC/C=C\C/C=C\C/C=C\C/C=C\C/C=C\CCCCCC(=O)OC(COC(=O)CCCCCCCCCCC)COP(=O)(O)OCC(CO)OC(=O)CCCCCCCC/C=C\C/C=C\C/C=C\C/C=C\CC. The molecular formula is C62H103O11P. The largest absolute Gasteiger partial charge is 0.472 e. The van der Waals surface area contributed by atoms with Crippen molar-refractivity contribution in [3.8, 4) is 0 Å². The lowest BCUT2D eigenvalue weighted by Crippen LogP contribution is -2.30. The minimum Gasteiger partial charge on any atom is -0.462 e. The Kier molecular flexibility index (Phi) is 52.5. The van der Waals surface area contributed by atoms with Crippen LogP contribution in [-0.2, 0) is 42.2 Å². The molecule has 0 aromatic carbocycles. The van der Waals surface area contributed by atoms with Crippen molar-refractivity contribution in [2.75, 3.05) is 26.4 Å². The standard InChI is InChI=1S/C62H103O11P/c1-4-7-10-13-16-19-21-23-25-27-29-31-33-35-37-40-43-46-49-52-61(65)72-58(54-63)56-70-74(67,68)71-57-59(55-69-60(64)51-48-45-42-39-18-15-12-9-6-3)73-62(66)53-50-47-44-41-38-36-34-32-30-28-26-24-22-20-17-14-11-8-5-2/h7-8,10-11,16-17,19-20,23-26,29-32,36,38,58-59,63H,4-6,9,12-15,18,21-22,27-28,33-35,37,39-57H2,1-3H3,(H,67,68)/b10-7-,11-8-,19-16-,20-17-,25-23-,26-24-,31-29-,32-30-,38-36-. The van der Waals surface area contributed by atoms with Gasteiger partial charge in [0.2, 0.25) is 0 Å². The molecule has 0 spiro atoms. The summed E-state index contributed by atoms with van der Waals surface area (Å²) in [7, 11) is -4.76. The molecule has 0 aliphatic rings. The fourth-order valence-corrected chi connectivity index (χ4v) is 8.16. The van der Waals surface area contributed by atoms with Crippen molar-refractivity contribution in [3.63, 3.8) is 0 Å². The topological polar surface area (TPSA) is 155 Å². The number of carbonyl (C=O) groups excluding carboxylic acids is 3. The Bertz CT molecular complexity index is 1660. The van der Waals surface area contributed by atoms with Crippen molar-refractivity contribution in [2.24, 2.45) is 0 Å². The van der Waals surface area contributed by atoms with Crippen LogP contribution in [0.3, 0.4) is 0 Å². The molecule has 74 heavy (non-hydrogen) atoms. The average molecular weight is 1060 g/mol. The Morgan fingerprint density at radius 3 is 1.09 bits per heavy atom. The lowest BCUT2D eigenvalue weighted by Gasteiger charge is -2.21. The van der Waals surface area contributed by atoms with Gasteiger partial charge in [-0.15, -0.1) is 0 Å². The van der Waals surface area contributed by atoms with Gasteiger partial charge >= 0.3 is 25.7 Å². The van der Waals surface area contributed by atoms with Crippen LogP contribution >= 0.6 is 7.82 Å². The summed E-state index contributed by atoms with van der Waals surface area (Å²) in [5.74, 6) is -1.53. The molecule has 12 heteroatoms. The van der Waals surface area contributed by atoms with Gasteiger partial charge in [0.25, 0.3) is 0 Å². The second-order valence-corrected chi connectivity index (χ2v) is 20.1. The van der Waals surface area contributed by atoms with E-state index in [4.69, 9.17) is 23.3 Å². The second kappa shape index (κ2) is 55.4. The maximum Gasteiger partial charge on any atom is 0.472 e. The van der Waals surface area contributed by atoms with Crippen molar-refractivity contribution < 1.29 is 52.2 Å². The van der Waals surface area contributed by atoms with E-state index >= 15 is 0 Å². The van der Waals surface area contributed by atoms with E-state index in [1.165, 1.54) is 32.1 Å². The third-order valence-corrected chi connectivity index (χ3v) is 12.6. The molecule has 0 saturated heterocycles. The first-order chi connectivity index (χ1) is 36.2. The van der Waals surface area contributed by atoms with Crippen LogP contribution in [0.25, 0.3) is 0 Å². The van der Waals surface area contributed by atoms with Crippen molar-refractivity contribution in [1.82, 2.24) is 0 Å². The molecule has 0 heterocycles. The molecular weight excluding hydrogens is 952 g/mol. The van der Waals surface area contributed by atoms with Gasteiger partial charge in [-0.2, -0.15) is 0 Å². The molecule has 422 valence electrons. The fourth-order valence-electron chi connectivity index (χ4n) is 7.37. The average Bonchev–Trinajstić information content (AvgIpc) is 3.39. The van der Waals surface area contributed by atoms with Crippen LogP contribution in [0, 0.1) is 0 Å². The molecule has 0 aliphatic heterocycles. The van der Waals surface area contributed by atoms with E-state index in [0.29, 0.717) is 19.3 Å². The Labute approximate surface area is 450 Å². The molecule has 0 fully saturated rings. The number of aliphatic hydroxyl groups excluding tert-OH is 1. The maximum absolute atomic E-state index is 12.9. The maximum atomic E-state index is 12.9. The molecule has 0 rings (SSSR count). The van der Waals surface area contributed by atoms with Gasteiger partial charge in [-0.25, -0.2) is 4.57 Å². The van der Waals surface area contributed by atoms with Crippen LogP contribution in [-0.4, -0.2) is 66.5 Å². The van der Waals surface area contributed by atoms with Crippen LogP contribution < -0.4 is 0 Å². The Hall–Kier alpha value is -3.86. The van der Waals surface area contributed by atoms with Crippen LogP contribution in [0.1, 0.15) is 226 Å². The zero-order chi connectivity index (χ0) is 54.1.